The summed E-state index contributed by atoms with van der Waals surface area (Å²) in [5, 5.41) is 4.26. The van der Waals surface area contributed by atoms with Gasteiger partial charge in [0.2, 0.25) is 0 Å². The second kappa shape index (κ2) is 2.34. The van der Waals surface area contributed by atoms with E-state index in [-0.39, 0.29) is 0 Å². The topological polar surface area (TPSA) is 21.1 Å². The van der Waals surface area contributed by atoms with E-state index in [0.717, 1.165) is 13.1 Å². The second-order valence-corrected chi connectivity index (χ2v) is 3.29. The molecular formula is C8H13N3. The largest absolute Gasteiger partial charge is 0.302 e. The van der Waals surface area contributed by atoms with Gasteiger partial charge in [0.05, 0.1) is 6.04 Å². The van der Waals surface area contributed by atoms with Gasteiger partial charge in [0.25, 0.3) is 0 Å². The summed E-state index contributed by atoms with van der Waals surface area (Å²) in [6.07, 6.45) is 1.87. The van der Waals surface area contributed by atoms with Crippen LogP contribution in [-0.2, 0) is 0 Å². The molecule has 11 heavy (non-hydrogen) atoms. The summed E-state index contributed by atoms with van der Waals surface area (Å²) in [4.78, 5) is 2.30. The Labute approximate surface area is 66.6 Å². The van der Waals surface area contributed by atoms with Gasteiger partial charge in [-0.05, 0) is 20.0 Å². The lowest BCUT2D eigenvalue weighted by molar-refractivity contribution is 0.129. The molecule has 60 valence electrons. The van der Waals surface area contributed by atoms with E-state index in [1.807, 2.05) is 6.20 Å². The SMILES string of the molecule is Cc1ccnn1C1CN(C)C1. The van der Waals surface area contributed by atoms with Crippen LogP contribution in [0.1, 0.15) is 11.7 Å². The van der Waals surface area contributed by atoms with Crippen molar-refractivity contribution < 1.29 is 0 Å². The molecule has 0 amide bonds. The van der Waals surface area contributed by atoms with Gasteiger partial charge in [-0.2, -0.15) is 5.10 Å². The van der Waals surface area contributed by atoms with Gasteiger partial charge in [-0.25, -0.2) is 0 Å². The molecule has 1 aromatic rings. The number of likely N-dealkylation sites (N-methyl/N-ethyl adjacent to an activating group) is 1. The van der Waals surface area contributed by atoms with E-state index in [9.17, 15) is 0 Å². The highest BCUT2D eigenvalue weighted by atomic mass is 15.4. The van der Waals surface area contributed by atoms with Crippen molar-refractivity contribution in [2.45, 2.75) is 13.0 Å². The lowest BCUT2D eigenvalue weighted by atomic mass is 10.1. The summed E-state index contributed by atoms with van der Waals surface area (Å²) in [6, 6.07) is 2.67. The number of hydrogen-bond acceptors (Lipinski definition) is 2. The van der Waals surface area contributed by atoms with Gasteiger partial charge in [0.1, 0.15) is 0 Å². The van der Waals surface area contributed by atoms with Crippen LogP contribution in [0.2, 0.25) is 0 Å². The average Bonchev–Trinajstić information content (AvgIpc) is 2.29. The maximum atomic E-state index is 4.26. The minimum atomic E-state index is 0.620. The van der Waals surface area contributed by atoms with Crippen LogP contribution in [0.15, 0.2) is 12.3 Å². The zero-order chi connectivity index (χ0) is 7.84. The van der Waals surface area contributed by atoms with E-state index in [1.165, 1.54) is 5.69 Å². The predicted molar refractivity (Wildman–Crippen MR) is 43.5 cm³/mol. The van der Waals surface area contributed by atoms with Crippen LogP contribution in [0.5, 0.6) is 0 Å². The molecule has 3 nitrogen and oxygen atoms in total. The fourth-order valence-electron chi connectivity index (χ4n) is 1.58. The molecule has 1 aliphatic heterocycles. The van der Waals surface area contributed by atoms with Crippen LogP contribution in [0.4, 0.5) is 0 Å². The Hall–Kier alpha value is -0.830. The van der Waals surface area contributed by atoms with Crippen molar-refractivity contribution in [1.29, 1.82) is 0 Å². The van der Waals surface area contributed by atoms with Crippen LogP contribution in [-0.4, -0.2) is 34.8 Å². The smallest absolute Gasteiger partial charge is 0.0775 e. The molecule has 3 heteroatoms. The van der Waals surface area contributed by atoms with Crippen molar-refractivity contribution in [1.82, 2.24) is 14.7 Å². The zero-order valence-corrected chi connectivity index (χ0v) is 6.99. The first-order valence-corrected chi connectivity index (χ1v) is 3.96. The van der Waals surface area contributed by atoms with E-state index >= 15 is 0 Å². The van der Waals surface area contributed by atoms with Crippen LogP contribution in [0, 0.1) is 6.92 Å². The molecule has 1 aliphatic rings. The van der Waals surface area contributed by atoms with Gasteiger partial charge in [-0.3, -0.25) is 4.68 Å². The van der Waals surface area contributed by atoms with E-state index < -0.39 is 0 Å². The highest BCUT2D eigenvalue weighted by Gasteiger charge is 2.25. The van der Waals surface area contributed by atoms with Crippen molar-refractivity contribution in [3.8, 4) is 0 Å². The molecule has 1 saturated heterocycles. The number of aryl methyl sites for hydroxylation is 1. The third-order valence-corrected chi connectivity index (χ3v) is 2.26. The van der Waals surface area contributed by atoms with Gasteiger partial charge < -0.3 is 4.90 Å². The number of nitrogens with zero attached hydrogens (tertiary/aromatic N) is 3. The third kappa shape index (κ3) is 1.05. The summed E-state index contributed by atoms with van der Waals surface area (Å²) >= 11 is 0. The quantitative estimate of drug-likeness (QED) is 0.588. The van der Waals surface area contributed by atoms with Crippen molar-refractivity contribution in [2.75, 3.05) is 20.1 Å². The number of hydrogen-bond donors (Lipinski definition) is 0. The maximum Gasteiger partial charge on any atom is 0.0775 e. The summed E-state index contributed by atoms with van der Waals surface area (Å²) < 4.78 is 2.11. The molecule has 0 saturated carbocycles. The van der Waals surface area contributed by atoms with Crippen LogP contribution < -0.4 is 0 Å². The third-order valence-electron chi connectivity index (χ3n) is 2.26. The van der Waals surface area contributed by atoms with E-state index in [4.69, 9.17) is 0 Å². The highest BCUT2D eigenvalue weighted by Crippen LogP contribution is 2.19. The lowest BCUT2D eigenvalue weighted by Gasteiger charge is -2.36. The molecule has 0 aliphatic carbocycles. The van der Waals surface area contributed by atoms with Crippen molar-refractivity contribution in [3.05, 3.63) is 18.0 Å². The molecule has 2 rings (SSSR count). The maximum absolute atomic E-state index is 4.26. The number of rotatable bonds is 1. The fraction of sp³-hybridized carbons (Fsp3) is 0.625. The molecule has 0 bridgehead atoms. The predicted octanol–water partition coefficient (Wildman–Crippen LogP) is 0.678. The Balaban J connectivity index is 2.12. The molecule has 0 atom stereocenters. The summed E-state index contributed by atoms with van der Waals surface area (Å²) in [6.45, 7) is 4.39. The first kappa shape index (κ1) is 6.85. The Morgan fingerprint density at radius 2 is 2.27 bits per heavy atom. The normalized spacial score (nSPS) is 20.2. The van der Waals surface area contributed by atoms with E-state index in [1.54, 1.807) is 0 Å². The summed E-state index contributed by atoms with van der Waals surface area (Å²) in [5.41, 5.74) is 1.27. The van der Waals surface area contributed by atoms with Gasteiger partial charge >= 0.3 is 0 Å². The standard InChI is InChI=1S/C8H13N3/c1-7-3-4-9-11(7)8-5-10(2)6-8/h3-4,8H,5-6H2,1-2H3. The van der Waals surface area contributed by atoms with Crippen LogP contribution in [0.3, 0.4) is 0 Å². The van der Waals surface area contributed by atoms with E-state index in [2.05, 4.69) is 34.7 Å². The first-order valence-electron chi connectivity index (χ1n) is 3.96. The van der Waals surface area contributed by atoms with E-state index in [0.29, 0.717) is 6.04 Å². The highest BCUT2D eigenvalue weighted by molar-refractivity contribution is 5.00. The minimum absolute atomic E-state index is 0.620. The molecule has 0 unspecified atom stereocenters. The Kier molecular flexibility index (Phi) is 1.46. The monoisotopic (exact) mass is 151 g/mol. The second-order valence-electron chi connectivity index (χ2n) is 3.29. The number of likely N-dealkylation sites (tertiary alicyclic amines) is 1. The molecular weight excluding hydrogens is 138 g/mol. The van der Waals surface area contributed by atoms with Crippen LogP contribution >= 0.6 is 0 Å². The minimum Gasteiger partial charge on any atom is -0.302 e. The molecule has 0 aromatic carbocycles. The van der Waals surface area contributed by atoms with Gasteiger partial charge in [-0.15, -0.1) is 0 Å². The van der Waals surface area contributed by atoms with Crippen molar-refractivity contribution in [3.63, 3.8) is 0 Å². The average molecular weight is 151 g/mol. The summed E-state index contributed by atoms with van der Waals surface area (Å²) in [7, 11) is 2.13. The molecule has 0 radical (unpaired) electrons. The fourth-order valence-corrected chi connectivity index (χ4v) is 1.58. The van der Waals surface area contributed by atoms with Crippen molar-refractivity contribution >= 4 is 0 Å². The molecule has 0 spiro atoms. The molecule has 2 heterocycles. The van der Waals surface area contributed by atoms with Crippen molar-refractivity contribution in [2.24, 2.45) is 0 Å². The Morgan fingerprint density at radius 1 is 1.55 bits per heavy atom. The van der Waals surface area contributed by atoms with Gasteiger partial charge in [0.15, 0.2) is 0 Å². The summed E-state index contributed by atoms with van der Waals surface area (Å²) in [5.74, 6) is 0. The molecule has 1 fully saturated rings. The van der Waals surface area contributed by atoms with Gasteiger partial charge in [0, 0.05) is 25.0 Å². The first-order chi connectivity index (χ1) is 5.27. The van der Waals surface area contributed by atoms with Crippen LogP contribution in [0.25, 0.3) is 0 Å². The Bertz CT molecular complexity index is 248. The number of aromatic nitrogens is 2. The molecule has 0 N–H and O–H groups in total. The van der Waals surface area contributed by atoms with Gasteiger partial charge in [-0.1, -0.05) is 0 Å². The Morgan fingerprint density at radius 3 is 2.73 bits per heavy atom. The lowest BCUT2D eigenvalue weighted by Crippen LogP contribution is -2.45. The zero-order valence-electron chi connectivity index (χ0n) is 6.99. The molecule has 1 aromatic heterocycles.